The summed E-state index contributed by atoms with van der Waals surface area (Å²) in [7, 11) is 0. The molecule has 0 aromatic carbocycles. The summed E-state index contributed by atoms with van der Waals surface area (Å²) in [5.74, 6) is 0. The Bertz CT molecular complexity index is 19.7. The van der Waals surface area contributed by atoms with E-state index in [4.69, 9.17) is 3.32 Å². The molecule has 0 rings (SSSR count). The first-order valence-corrected chi connectivity index (χ1v) is 0.842. The Morgan fingerprint density at radius 2 is 1.33 bits per heavy atom. The average Bonchev–Trinajstić information content (AvgIpc) is 1.00. The fourth-order valence-electron chi connectivity index (χ4n) is 0. The van der Waals surface area contributed by atoms with E-state index in [2.05, 4.69) is 0 Å². The van der Waals surface area contributed by atoms with Crippen LogP contribution in [0.4, 0.5) is 0 Å². The Hall–Kier alpha value is 3.05. The van der Waals surface area contributed by atoms with Gasteiger partial charge >= 0.3 is 53.3 Å². The molecule has 2 radical (unpaired) electrons. The van der Waals surface area contributed by atoms with Gasteiger partial charge in [-0.15, -0.1) is 0 Å². The van der Waals surface area contributed by atoms with E-state index in [9.17, 15) is 0 Å². The molecule has 0 heterocycles. The molecule has 6 heavy (non-hydrogen) atoms. The van der Waals surface area contributed by atoms with Gasteiger partial charge in [0.05, 0.1) is 0 Å². The molecule has 0 saturated carbocycles. The average molecular weight is 265 g/mol. The van der Waals surface area contributed by atoms with Crippen LogP contribution in [-0.2, 0) is 74.4 Å². The molecule has 0 unspecified atom stereocenters. The molecule has 0 N–H and O–H groups in total. The summed E-state index contributed by atoms with van der Waals surface area (Å²) in [6, 6.07) is 0. The normalized spacial score (nSPS) is 0.500. The van der Waals surface area contributed by atoms with E-state index in [1.807, 2.05) is 0 Å². The molecule has 0 aliphatic carbocycles. The predicted molar refractivity (Wildman–Crippen MR) is 1.80 cm³/mol. The molecule has 0 aliphatic rings. The predicted octanol–water partition coefficient (Wildman–Crippen LogP) is -3.01. The monoisotopic (exact) mass is 264 g/mol. The van der Waals surface area contributed by atoms with Crippen LogP contribution in [-0.4, -0.2) is 0 Å². The minimum atomic E-state index is 0. The van der Waals surface area contributed by atoms with Crippen LogP contribution in [0, 0.1) is 0 Å². The zero-order valence-electron chi connectivity index (χ0n) is 3.90. The summed E-state index contributed by atoms with van der Waals surface area (Å²) in [5.41, 5.74) is 0. The Kier molecular flexibility index (Phi) is 257. The summed E-state index contributed by atoms with van der Waals surface area (Å²) in [6.07, 6.45) is 0. The molecule has 40 valence electrons. The van der Waals surface area contributed by atoms with Crippen molar-refractivity contribution < 1.29 is 105 Å². The third-order valence-electron chi connectivity index (χ3n) is 0. The Labute approximate surface area is 104 Å². The molecule has 0 atom stereocenters. The van der Waals surface area contributed by atoms with Gasteiger partial charge in [-0.05, 0) is 0 Å². The van der Waals surface area contributed by atoms with Crippen LogP contribution < -0.4 is 29.6 Å². The summed E-state index contributed by atoms with van der Waals surface area (Å²) in [4.78, 5) is 0. The van der Waals surface area contributed by atoms with Crippen molar-refractivity contribution in [3.63, 3.8) is 0 Å². The molecule has 1 nitrogen and oxygen atoms in total. The van der Waals surface area contributed by atoms with Crippen molar-refractivity contribution >= 4 is 0 Å². The van der Waals surface area contributed by atoms with Gasteiger partial charge in [-0.3, -0.25) is 0 Å². The fourth-order valence-corrected chi connectivity index (χ4v) is 0. The minimum absolute atomic E-state index is 0. The van der Waals surface area contributed by atoms with E-state index in [1.165, 1.54) is 0 Å². The SMILES string of the molecule is [Cu].[H-].[Mn].[Na+].[Ni].[O]=[Ti]. The standard InChI is InChI=1S/Cu.Mn.Na.Ni.O.Ti.H/q;;+1;;;;-1. The van der Waals surface area contributed by atoms with Gasteiger partial charge in [-0.1, -0.05) is 0 Å². The summed E-state index contributed by atoms with van der Waals surface area (Å²) in [6.45, 7) is 0. The van der Waals surface area contributed by atoms with E-state index in [0.29, 0.717) is 0 Å². The molecule has 0 aliphatic heterocycles. The third kappa shape index (κ3) is 27.8. The fraction of sp³-hybridized carbons (Fsp3) is 0. The van der Waals surface area contributed by atoms with Crippen molar-refractivity contribution in [3.05, 3.63) is 0 Å². The van der Waals surface area contributed by atoms with Gasteiger partial charge in [-0.25, -0.2) is 0 Å². The Balaban J connectivity index is -0.000000000500. The first-order chi connectivity index (χ1) is 1.00. The summed E-state index contributed by atoms with van der Waals surface area (Å²) in [5, 5.41) is 0. The van der Waals surface area contributed by atoms with E-state index in [1.54, 1.807) is 0 Å². The second-order valence-corrected chi connectivity index (χ2v) is 0. The van der Waals surface area contributed by atoms with Crippen LogP contribution in [0.25, 0.3) is 0 Å². The molecule has 0 saturated heterocycles. The van der Waals surface area contributed by atoms with Crippen molar-refractivity contribution in [2.24, 2.45) is 0 Å². The second kappa shape index (κ2) is 43.0. The molecule has 0 fully saturated rings. The maximum absolute atomic E-state index is 8.25. The Morgan fingerprint density at radius 3 is 1.33 bits per heavy atom. The molecular formula is HCuMnNaNiOTi. The van der Waals surface area contributed by atoms with Gasteiger partial charge in [-0.2, -0.15) is 0 Å². The zero-order valence-corrected chi connectivity index (χ0v) is 9.58. The van der Waals surface area contributed by atoms with Gasteiger partial charge in [0, 0.05) is 50.6 Å². The van der Waals surface area contributed by atoms with Gasteiger partial charge in [0.15, 0.2) is 0 Å². The van der Waals surface area contributed by atoms with E-state index in [-0.39, 0.29) is 81.6 Å². The van der Waals surface area contributed by atoms with Crippen LogP contribution in [0.3, 0.4) is 0 Å². The van der Waals surface area contributed by atoms with Crippen molar-refractivity contribution in [3.8, 4) is 0 Å². The molecule has 0 aromatic heterocycles. The number of rotatable bonds is 0. The van der Waals surface area contributed by atoms with Crippen LogP contribution in [0.2, 0.25) is 0 Å². The molecule has 0 amide bonds. The van der Waals surface area contributed by atoms with E-state index in [0.717, 1.165) is 20.4 Å². The number of hydrogen-bond donors (Lipinski definition) is 0. The van der Waals surface area contributed by atoms with Gasteiger partial charge in [0.25, 0.3) is 0 Å². The Morgan fingerprint density at radius 1 is 1.33 bits per heavy atom. The van der Waals surface area contributed by atoms with Crippen molar-refractivity contribution in [2.75, 3.05) is 0 Å². The van der Waals surface area contributed by atoms with Gasteiger partial charge in [0.2, 0.25) is 0 Å². The number of hydrogen-bond acceptors (Lipinski definition) is 1. The van der Waals surface area contributed by atoms with Crippen molar-refractivity contribution in [1.82, 2.24) is 0 Å². The molecule has 6 heteroatoms. The topological polar surface area (TPSA) is 17.1 Å². The molecule has 0 spiro atoms. The van der Waals surface area contributed by atoms with E-state index < -0.39 is 0 Å². The van der Waals surface area contributed by atoms with Crippen LogP contribution in [0.1, 0.15) is 1.43 Å². The third-order valence-corrected chi connectivity index (χ3v) is 0. The zero-order chi connectivity index (χ0) is 2.00. The van der Waals surface area contributed by atoms with Gasteiger partial charge < -0.3 is 1.43 Å². The summed E-state index contributed by atoms with van der Waals surface area (Å²) >= 11 is 0.750. The van der Waals surface area contributed by atoms with Crippen LogP contribution in [0.5, 0.6) is 0 Å². The summed E-state index contributed by atoms with van der Waals surface area (Å²) < 4.78 is 8.25. The first kappa shape index (κ1) is 35.8. The molecule has 0 aromatic rings. The maximum atomic E-state index is 8.25. The quantitative estimate of drug-likeness (QED) is 0.426. The second-order valence-electron chi connectivity index (χ2n) is 0. The molecular weight excluding hydrogens is 264 g/mol. The van der Waals surface area contributed by atoms with Gasteiger partial charge in [0.1, 0.15) is 0 Å². The van der Waals surface area contributed by atoms with Crippen molar-refractivity contribution in [1.29, 1.82) is 0 Å². The van der Waals surface area contributed by atoms with Crippen molar-refractivity contribution in [2.45, 2.75) is 0 Å². The molecule has 0 bridgehead atoms. The van der Waals surface area contributed by atoms with E-state index >= 15 is 0 Å². The van der Waals surface area contributed by atoms with Crippen LogP contribution >= 0.6 is 0 Å². The first-order valence-electron chi connectivity index (χ1n) is 0.204. The van der Waals surface area contributed by atoms with Crippen LogP contribution in [0.15, 0.2) is 0 Å².